The summed E-state index contributed by atoms with van der Waals surface area (Å²) in [5.74, 6) is -2.68. The average molecular weight is 465 g/mol. The van der Waals surface area contributed by atoms with Gasteiger partial charge in [0.05, 0.1) is 5.02 Å². The van der Waals surface area contributed by atoms with Gasteiger partial charge in [-0.1, -0.05) is 23.7 Å². The molecule has 0 amide bonds. The van der Waals surface area contributed by atoms with E-state index in [1.54, 1.807) is 4.90 Å². The van der Waals surface area contributed by atoms with Crippen molar-refractivity contribution in [2.45, 2.75) is 12.5 Å². The van der Waals surface area contributed by atoms with E-state index in [2.05, 4.69) is 15.0 Å². The highest BCUT2D eigenvalue weighted by molar-refractivity contribution is 6.31. The summed E-state index contributed by atoms with van der Waals surface area (Å²) in [4.78, 5) is 13.1. The molecule has 1 aliphatic heterocycles. The number of benzene rings is 2. The van der Waals surface area contributed by atoms with Gasteiger partial charge in [0.15, 0.2) is 11.6 Å². The number of rotatable bonds is 2. The van der Waals surface area contributed by atoms with Gasteiger partial charge >= 0.3 is 0 Å². The van der Waals surface area contributed by atoms with Gasteiger partial charge in [0.25, 0.3) is 0 Å². The van der Waals surface area contributed by atoms with Crippen LogP contribution in [0, 0.1) is 40.1 Å². The molecule has 0 saturated carbocycles. The molecule has 4 aromatic rings. The molecular formula is C23H12ClF3N6. The van der Waals surface area contributed by atoms with Crippen molar-refractivity contribution in [2.75, 3.05) is 11.4 Å². The summed E-state index contributed by atoms with van der Waals surface area (Å²) in [6, 6.07) is 10.6. The van der Waals surface area contributed by atoms with Gasteiger partial charge in [-0.25, -0.2) is 23.1 Å². The van der Waals surface area contributed by atoms with E-state index in [1.807, 2.05) is 12.1 Å². The SMILES string of the molecule is N#Cc1cc(C#N)nc(N2CCc3c([nH]c4cc(F)c(Cl)cc34)C2c2cccc(F)c2F)n1. The Morgan fingerprint density at radius 3 is 2.45 bits per heavy atom. The van der Waals surface area contributed by atoms with Crippen LogP contribution in [0.2, 0.25) is 5.02 Å². The second-order valence-electron chi connectivity index (χ2n) is 7.48. The lowest BCUT2D eigenvalue weighted by Crippen LogP contribution is -2.38. The molecule has 10 heteroatoms. The highest BCUT2D eigenvalue weighted by atomic mass is 35.5. The van der Waals surface area contributed by atoms with Gasteiger partial charge in [-0.15, -0.1) is 0 Å². The molecule has 33 heavy (non-hydrogen) atoms. The first kappa shape index (κ1) is 20.8. The minimum absolute atomic E-state index is 0.00135. The Balaban J connectivity index is 1.78. The quantitative estimate of drug-likeness (QED) is 0.454. The lowest BCUT2D eigenvalue weighted by molar-refractivity contribution is 0.485. The first-order chi connectivity index (χ1) is 15.9. The van der Waals surface area contributed by atoms with Gasteiger partial charge in [-0.2, -0.15) is 10.5 Å². The number of hydrogen-bond acceptors (Lipinski definition) is 5. The second-order valence-corrected chi connectivity index (χ2v) is 7.89. The summed E-state index contributed by atoms with van der Waals surface area (Å²) in [5.41, 5.74) is 1.65. The fourth-order valence-corrected chi connectivity index (χ4v) is 4.40. The molecule has 6 nitrogen and oxygen atoms in total. The summed E-state index contributed by atoms with van der Waals surface area (Å²) < 4.78 is 43.3. The second kappa shape index (κ2) is 7.80. The van der Waals surface area contributed by atoms with E-state index < -0.39 is 23.5 Å². The maximum atomic E-state index is 15.0. The topological polar surface area (TPSA) is 92.4 Å². The molecule has 0 spiro atoms. The van der Waals surface area contributed by atoms with Crippen molar-refractivity contribution in [3.05, 3.63) is 87.1 Å². The Morgan fingerprint density at radius 2 is 1.76 bits per heavy atom. The lowest BCUT2D eigenvalue weighted by Gasteiger charge is -2.36. The van der Waals surface area contributed by atoms with Gasteiger partial charge in [-0.05, 0) is 30.2 Å². The molecule has 5 rings (SSSR count). The molecule has 2 aromatic heterocycles. The van der Waals surface area contributed by atoms with Crippen LogP contribution in [0.15, 0.2) is 36.4 Å². The Morgan fingerprint density at radius 1 is 1.03 bits per heavy atom. The van der Waals surface area contributed by atoms with E-state index in [0.29, 0.717) is 23.0 Å². The average Bonchev–Trinajstić information content (AvgIpc) is 3.17. The lowest BCUT2D eigenvalue weighted by atomic mass is 9.92. The number of aromatic nitrogens is 3. The van der Waals surface area contributed by atoms with Gasteiger partial charge in [0.2, 0.25) is 5.95 Å². The maximum absolute atomic E-state index is 15.0. The van der Waals surface area contributed by atoms with Gasteiger partial charge in [0.1, 0.15) is 35.4 Å². The number of H-pyrrole nitrogens is 1. The fraction of sp³-hybridized carbons (Fsp3) is 0.130. The molecule has 1 N–H and O–H groups in total. The molecule has 3 heterocycles. The minimum atomic E-state index is -1.06. The van der Waals surface area contributed by atoms with Crippen molar-refractivity contribution in [3.63, 3.8) is 0 Å². The molecule has 162 valence electrons. The number of nitriles is 2. The van der Waals surface area contributed by atoms with Crippen molar-refractivity contribution >= 4 is 28.5 Å². The summed E-state index contributed by atoms with van der Waals surface area (Å²) in [6.45, 7) is 0.259. The normalized spacial score (nSPS) is 15.2. The van der Waals surface area contributed by atoms with E-state index in [9.17, 15) is 19.3 Å². The van der Waals surface area contributed by atoms with E-state index in [4.69, 9.17) is 11.6 Å². The van der Waals surface area contributed by atoms with Gasteiger partial charge < -0.3 is 9.88 Å². The zero-order chi connectivity index (χ0) is 23.3. The zero-order valence-corrected chi connectivity index (χ0v) is 17.5. The van der Waals surface area contributed by atoms with Gasteiger partial charge in [-0.3, -0.25) is 0 Å². The number of fused-ring (bicyclic) bond motifs is 3. The fourth-order valence-electron chi connectivity index (χ4n) is 4.23. The Kier molecular flexibility index (Phi) is 4.92. The van der Waals surface area contributed by atoms with Crippen LogP contribution >= 0.6 is 11.6 Å². The monoisotopic (exact) mass is 464 g/mol. The molecule has 1 aliphatic rings. The summed E-state index contributed by atoms with van der Waals surface area (Å²) in [5, 5.41) is 19.3. The van der Waals surface area contributed by atoms with Crippen LogP contribution in [0.25, 0.3) is 10.9 Å². The predicted molar refractivity (Wildman–Crippen MR) is 114 cm³/mol. The van der Waals surface area contributed by atoms with E-state index in [0.717, 1.165) is 11.6 Å². The number of hydrogen-bond donors (Lipinski definition) is 1. The molecule has 0 aliphatic carbocycles. The highest BCUT2D eigenvalue weighted by Crippen LogP contribution is 2.41. The number of nitrogens with zero attached hydrogens (tertiary/aromatic N) is 5. The van der Waals surface area contributed by atoms with Crippen molar-refractivity contribution < 1.29 is 13.2 Å². The molecule has 0 fully saturated rings. The summed E-state index contributed by atoms with van der Waals surface area (Å²) in [7, 11) is 0. The number of aromatic amines is 1. The van der Waals surface area contributed by atoms with Crippen molar-refractivity contribution in [2.24, 2.45) is 0 Å². The summed E-state index contributed by atoms with van der Waals surface area (Å²) in [6.07, 6.45) is 0.423. The minimum Gasteiger partial charge on any atom is -0.356 e. The Labute approximate surface area is 190 Å². The van der Waals surface area contributed by atoms with E-state index >= 15 is 4.39 Å². The van der Waals surface area contributed by atoms with E-state index in [1.165, 1.54) is 30.3 Å². The van der Waals surface area contributed by atoms with Gasteiger partial charge in [0, 0.05) is 34.8 Å². The number of halogens is 4. The first-order valence-electron chi connectivity index (χ1n) is 9.80. The van der Waals surface area contributed by atoms with Crippen LogP contribution in [-0.2, 0) is 6.42 Å². The predicted octanol–water partition coefficient (Wildman–Crippen LogP) is 4.92. The molecule has 0 bridgehead atoms. The van der Waals surface area contributed by atoms with Crippen LogP contribution in [-0.4, -0.2) is 21.5 Å². The van der Waals surface area contributed by atoms with Crippen LogP contribution in [0.1, 0.15) is 34.3 Å². The third kappa shape index (κ3) is 3.34. The number of anilines is 1. The third-order valence-electron chi connectivity index (χ3n) is 5.64. The molecule has 1 unspecified atom stereocenters. The zero-order valence-electron chi connectivity index (χ0n) is 16.7. The molecule has 0 saturated heterocycles. The highest BCUT2D eigenvalue weighted by Gasteiger charge is 2.36. The van der Waals surface area contributed by atoms with Crippen molar-refractivity contribution in [1.82, 2.24) is 15.0 Å². The van der Waals surface area contributed by atoms with Crippen LogP contribution in [0.5, 0.6) is 0 Å². The van der Waals surface area contributed by atoms with Crippen LogP contribution < -0.4 is 4.90 Å². The Bertz CT molecular complexity index is 1490. The smallest absolute Gasteiger partial charge is 0.228 e. The largest absolute Gasteiger partial charge is 0.356 e. The molecule has 1 atom stereocenters. The Hall–Kier alpha value is -4.08. The standard InChI is InChI=1S/C23H12ClF3N6/c24-16-7-15-13-4-5-33(23-30-11(9-28)6-12(10-29)31-23)22(14-2-1-3-17(25)20(14)27)21(13)32-19(15)8-18(16)26/h1-3,6-8,22,32H,4-5H2. The van der Waals surface area contributed by atoms with E-state index in [-0.39, 0.29) is 34.5 Å². The molecule has 2 aromatic carbocycles. The van der Waals surface area contributed by atoms with Crippen molar-refractivity contribution in [3.8, 4) is 12.1 Å². The maximum Gasteiger partial charge on any atom is 0.228 e. The first-order valence-corrected chi connectivity index (χ1v) is 10.2. The summed E-state index contributed by atoms with van der Waals surface area (Å²) >= 11 is 5.99. The number of nitrogens with one attached hydrogen (secondary N) is 1. The molecule has 0 radical (unpaired) electrons. The van der Waals surface area contributed by atoms with Crippen molar-refractivity contribution in [1.29, 1.82) is 10.5 Å². The third-order valence-corrected chi connectivity index (χ3v) is 5.93. The molecular weight excluding hydrogens is 453 g/mol. The van der Waals surface area contributed by atoms with Crippen LogP contribution in [0.3, 0.4) is 0 Å². The van der Waals surface area contributed by atoms with Crippen LogP contribution in [0.4, 0.5) is 19.1 Å².